The van der Waals surface area contributed by atoms with Gasteiger partial charge in [0.1, 0.15) is 17.7 Å². The van der Waals surface area contributed by atoms with Crippen molar-refractivity contribution >= 4 is 16.5 Å². The first-order valence-corrected chi connectivity index (χ1v) is 7.63. The van der Waals surface area contributed by atoms with Gasteiger partial charge in [0.15, 0.2) is 0 Å². The van der Waals surface area contributed by atoms with E-state index in [1.165, 1.54) is 12.1 Å². The van der Waals surface area contributed by atoms with Crippen LogP contribution in [0.1, 0.15) is 5.56 Å². The summed E-state index contributed by atoms with van der Waals surface area (Å²) >= 11 is 0. The Kier molecular flexibility index (Phi) is 3.44. The number of nitrogen functional groups attached to an aromatic ring is 1. The van der Waals surface area contributed by atoms with Crippen LogP contribution in [0, 0.1) is 5.82 Å². The third-order valence-corrected chi connectivity index (χ3v) is 4.80. The highest BCUT2D eigenvalue weighted by atomic mass is 32.2. The zero-order valence-corrected chi connectivity index (χ0v) is 11.5. The Hall–Kier alpha value is -1.88. The molecule has 2 unspecified atom stereocenters. The number of ether oxygens (including phenoxy) is 1. The van der Waals surface area contributed by atoms with Gasteiger partial charge >= 0.3 is 0 Å². The van der Waals surface area contributed by atoms with E-state index >= 15 is 0 Å². The summed E-state index contributed by atoms with van der Waals surface area (Å²) in [6.45, 7) is 0. The van der Waals surface area contributed by atoms with Gasteiger partial charge < -0.3 is 10.5 Å². The molecule has 20 heavy (non-hydrogen) atoms. The van der Waals surface area contributed by atoms with E-state index in [9.17, 15) is 8.60 Å². The molecule has 0 fully saturated rings. The molecular weight excluding hydrogens is 277 g/mol. The summed E-state index contributed by atoms with van der Waals surface area (Å²) in [6, 6.07) is 11.6. The minimum absolute atomic E-state index is 0.202. The highest BCUT2D eigenvalue weighted by molar-refractivity contribution is 7.85. The van der Waals surface area contributed by atoms with Gasteiger partial charge in [-0.3, -0.25) is 4.21 Å². The normalized spacial score (nSPS) is 18.4. The summed E-state index contributed by atoms with van der Waals surface area (Å²) in [7, 11) is -1.22. The predicted molar refractivity (Wildman–Crippen MR) is 76.6 cm³/mol. The molecule has 0 radical (unpaired) electrons. The molecule has 0 saturated carbocycles. The van der Waals surface area contributed by atoms with Crippen LogP contribution >= 0.6 is 0 Å². The number of hydrogen-bond acceptors (Lipinski definition) is 3. The molecule has 0 saturated heterocycles. The molecular formula is C15H14FNO2S. The Morgan fingerprint density at radius 3 is 2.90 bits per heavy atom. The van der Waals surface area contributed by atoms with Crippen LogP contribution in [-0.4, -0.2) is 16.1 Å². The summed E-state index contributed by atoms with van der Waals surface area (Å²) in [5.74, 6) is 0.751. The number of rotatable bonds is 3. The Morgan fingerprint density at radius 1 is 1.30 bits per heavy atom. The number of para-hydroxylation sites is 1. The summed E-state index contributed by atoms with van der Waals surface area (Å²) in [5, 5.41) is 0. The number of benzene rings is 2. The zero-order valence-electron chi connectivity index (χ0n) is 10.7. The molecule has 2 N–H and O–H groups in total. The fourth-order valence-electron chi connectivity index (χ4n) is 2.33. The molecule has 0 spiro atoms. The lowest BCUT2D eigenvalue weighted by Crippen LogP contribution is -2.22. The van der Waals surface area contributed by atoms with E-state index in [-0.39, 0.29) is 11.9 Å². The van der Waals surface area contributed by atoms with Crippen LogP contribution in [0.3, 0.4) is 0 Å². The molecule has 0 bridgehead atoms. The minimum Gasteiger partial charge on any atom is -0.489 e. The lowest BCUT2D eigenvalue weighted by atomic mass is 10.1. The Balaban J connectivity index is 1.72. The summed E-state index contributed by atoms with van der Waals surface area (Å²) in [4.78, 5) is 0.623. The fraction of sp³-hybridized carbons (Fsp3) is 0.200. The van der Waals surface area contributed by atoms with Crippen molar-refractivity contribution < 1.29 is 13.3 Å². The minimum atomic E-state index is -1.22. The van der Waals surface area contributed by atoms with Crippen LogP contribution < -0.4 is 10.5 Å². The smallest absolute Gasteiger partial charge is 0.123 e. The van der Waals surface area contributed by atoms with Gasteiger partial charge in [0.25, 0.3) is 0 Å². The van der Waals surface area contributed by atoms with Gasteiger partial charge in [0.2, 0.25) is 0 Å². The largest absolute Gasteiger partial charge is 0.489 e. The Morgan fingerprint density at radius 2 is 2.10 bits per heavy atom. The molecule has 1 aliphatic heterocycles. The molecule has 2 atom stereocenters. The van der Waals surface area contributed by atoms with Crippen LogP contribution in [0.5, 0.6) is 5.75 Å². The van der Waals surface area contributed by atoms with Crippen molar-refractivity contribution in [2.24, 2.45) is 0 Å². The molecule has 1 aliphatic rings. The van der Waals surface area contributed by atoms with Gasteiger partial charge in [-0.25, -0.2) is 4.39 Å². The first kappa shape index (κ1) is 13.1. The average Bonchev–Trinajstić information content (AvgIpc) is 2.80. The van der Waals surface area contributed by atoms with E-state index in [0.29, 0.717) is 28.5 Å². The number of halogens is 1. The summed E-state index contributed by atoms with van der Waals surface area (Å²) < 4.78 is 31.1. The molecule has 2 aromatic rings. The van der Waals surface area contributed by atoms with Crippen molar-refractivity contribution in [2.45, 2.75) is 17.4 Å². The van der Waals surface area contributed by atoms with Crippen molar-refractivity contribution in [3.8, 4) is 5.75 Å². The van der Waals surface area contributed by atoms with Gasteiger partial charge in [0, 0.05) is 17.7 Å². The molecule has 104 valence electrons. The summed E-state index contributed by atoms with van der Waals surface area (Å²) in [6.07, 6.45) is 0.373. The molecule has 5 heteroatoms. The van der Waals surface area contributed by atoms with E-state index in [4.69, 9.17) is 10.5 Å². The number of hydrogen-bond donors (Lipinski definition) is 1. The highest BCUT2D eigenvalue weighted by Crippen LogP contribution is 2.30. The second kappa shape index (κ2) is 5.25. The van der Waals surface area contributed by atoms with Crippen LogP contribution in [0.4, 0.5) is 10.1 Å². The van der Waals surface area contributed by atoms with Gasteiger partial charge in [-0.15, -0.1) is 0 Å². The Bertz CT molecular complexity index is 675. The molecule has 3 rings (SSSR count). The monoisotopic (exact) mass is 291 g/mol. The molecule has 0 aromatic heterocycles. The fourth-order valence-corrected chi connectivity index (χ4v) is 3.59. The van der Waals surface area contributed by atoms with E-state index in [2.05, 4.69) is 0 Å². The standard InChI is InChI=1S/C15H14FNO2S/c16-11-5-6-14-10(7-11)8-12(19-14)9-20(18)15-4-2-1-3-13(15)17/h1-7,12H,8-9,17H2. The SMILES string of the molecule is Nc1ccccc1S(=O)CC1Cc2cc(F)ccc2O1. The van der Waals surface area contributed by atoms with E-state index in [1.807, 2.05) is 6.07 Å². The molecule has 0 aliphatic carbocycles. The van der Waals surface area contributed by atoms with Crippen molar-refractivity contribution in [1.29, 1.82) is 0 Å². The zero-order chi connectivity index (χ0) is 14.1. The van der Waals surface area contributed by atoms with Crippen molar-refractivity contribution in [2.75, 3.05) is 11.5 Å². The van der Waals surface area contributed by atoms with Crippen LogP contribution in [0.25, 0.3) is 0 Å². The van der Waals surface area contributed by atoms with Crippen molar-refractivity contribution in [3.63, 3.8) is 0 Å². The molecule has 0 amide bonds. The second-order valence-electron chi connectivity index (χ2n) is 4.75. The van der Waals surface area contributed by atoms with E-state index in [0.717, 1.165) is 5.56 Å². The van der Waals surface area contributed by atoms with Gasteiger partial charge in [-0.05, 0) is 30.3 Å². The predicted octanol–water partition coefficient (Wildman–Crippen LogP) is 2.52. The van der Waals surface area contributed by atoms with Crippen LogP contribution in [0.2, 0.25) is 0 Å². The first-order chi connectivity index (χ1) is 9.63. The highest BCUT2D eigenvalue weighted by Gasteiger charge is 2.25. The van der Waals surface area contributed by atoms with E-state index < -0.39 is 10.8 Å². The molecule has 1 heterocycles. The maximum Gasteiger partial charge on any atom is 0.123 e. The number of fused-ring (bicyclic) bond motifs is 1. The number of nitrogens with two attached hydrogens (primary N) is 1. The lowest BCUT2D eigenvalue weighted by Gasteiger charge is -2.11. The second-order valence-corrected chi connectivity index (χ2v) is 6.21. The van der Waals surface area contributed by atoms with Gasteiger partial charge in [-0.2, -0.15) is 0 Å². The van der Waals surface area contributed by atoms with Crippen molar-refractivity contribution in [1.82, 2.24) is 0 Å². The third-order valence-electron chi connectivity index (χ3n) is 3.27. The van der Waals surface area contributed by atoms with Gasteiger partial charge in [-0.1, -0.05) is 12.1 Å². The van der Waals surface area contributed by atoms with Crippen LogP contribution in [-0.2, 0) is 17.2 Å². The number of anilines is 1. The maximum absolute atomic E-state index is 13.1. The third kappa shape index (κ3) is 2.54. The topological polar surface area (TPSA) is 52.3 Å². The molecule has 3 nitrogen and oxygen atoms in total. The summed E-state index contributed by atoms with van der Waals surface area (Å²) in [5.41, 5.74) is 7.16. The van der Waals surface area contributed by atoms with Gasteiger partial charge in [0.05, 0.1) is 21.4 Å². The average molecular weight is 291 g/mol. The quantitative estimate of drug-likeness (QED) is 0.884. The van der Waals surface area contributed by atoms with Crippen molar-refractivity contribution in [3.05, 3.63) is 53.8 Å². The van der Waals surface area contributed by atoms with Crippen LogP contribution in [0.15, 0.2) is 47.4 Å². The molecule has 2 aromatic carbocycles. The lowest BCUT2D eigenvalue weighted by molar-refractivity contribution is 0.258. The van der Waals surface area contributed by atoms with E-state index in [1.54, 1.807) is 24.3 Å². The maximum atomic E-state index is 13.1. The first-order valence-electron chi connectivity index (χ1n) is 6.31. The Labute approximate surface area is 119 Å².